The van der Waals surface area contributed by atoms with Gasteiger partial charge in [-0.3, -0.25) is 0 Å². The summed E-state index contributed by atoms with van der Waals surface area (Å²) in [6.45, 7) is 0.788. The van der Waals surface area contributed by atoms with E-state index in [0.717, 1.165) is 23.3 Å². The van der Waals surface area contributed by atoms with Gasteiger partial charge in [0.05, 0.1) is 12.7 Å². The van der Waals surface area contributed by atoms with E-state index in [-0.39, 0.29) is 0 Å². The Morgan fingerprint density at radius 1 is 1.38 bits per heavy atom. The molecule has 1 aromatic carbocycles. The highest BCUT2D eigenvalue weighted by Crippen LogP contribution is 2.24. The lowest BCUT2D eigenvalue weighted by Crippen LogP contribution is -1.89. The van der Waals surface area contributed by atoms with E-state index in [4.69, 9.17) is 4.74 Å². The standard InChI is InChI=1S/C9H8F2OS/c10-8-2-1-7(3-9(8)11)13-5-6-4-12-6/h1-3,6H,4-5H2. The van der Waals surface area contributed by atoms with E-state index in [1.54, 1.807) is 6.07 Å². The molecule has 1 heterocycles. The van der Waals surface area contributed by atoms with E-state index in [1.165, 1.54) is 17.8 Å². The molecule has 1 aliphatic heterocycles. The summed E-state index contributed by atoms with van der Waals surface area (Å²) in [6, 6.07) is 3.93. The number of benzene rings is 1. The zero-order valence-corrected chi connectivity index (χ0v) is 7.61. The highest BCUT2D eigenvalue weighted by molar-refractivity contribution is 7.99. The van der Waals surface area contributed by atoms with E-state index >= 15 is 0 Å². The van der Waals surface area contributed by atoms with E-state index in [1.807, 2.05) is 0 Å². The van der Waals surface area contributed by atoms with Gasteiger partial charge in [0.1, 0.15) is 0 Å². The fourth-order valence-corrected chi connectivity index (χ4v) is 1.84. The average Bonchev–Trinajstić information content (AvgIpc) is 2.91. The molecule has 0 bridgehead atoms. The molecule has 0 N–H and O–H groups in total. The van der Waals surface area contributed by atoms with Gasteiger partial charge in [0.15, 0.2) is 11.6 Å². The highest BCUT2D eigenvalue weighted by Gasteiger charge is 2.22. The fourth-order valence-electron chi connectivity index (χ4n) is 0.920. The number of halogens is 2. The monoisotopic (exact) mass is 202 g/mol. The summed E-state index contributed by atoms with van der Waals surface area (Å²) in [5, 5.41) is 0. The second-order valence-electron chi connectivity index (χ2n) is 2.84. The summed E-state index contributed by atoms with van der Waals surface area (Å²) < 4.78 is 30.2. The Labute approximate surface area is 79.1 Å². The summed E-state index contributed by atoms with van der Waals surface area (Å²) in [6.07, 6.45) is 0.304. The van der Waals surface area contributed by atoms with E-state index < -0.39 is 11.6 Å². The van der Waals surface area contributed by atoms with Crippen LogP contribution < -0.4 is 0 Å². The molecule has 4 heteroatoms. The minimum atomic E-state index is -0.799. The van der Waals surface area contributed by atoms with Crippen LogP contribution in [0, 0.1) is 11.6 Å². The van der Waals surface area contributed by atoms with Crippen LogP contribution in [-0.4, -0.2) is 18.5 Å². The third-order valence-corrected chi connectivity index (χ3v) is 2.86. The molecule has 1 fully saturated rings. The number of rotatable bonds is 3. The second-order valence-corrected chi connectivity index (χ2v) is 3.94. The van der Waals surface area contributed by atoms with Gasteiger partial charge < -0.3 is 4.74 Å². The van der Waals surface area contributed by atoms with Crippen LogP contribution in [0.4, 0.5) is 8.78 Å². The van der Waals surface area contributed by atoms with Gasteiger partial charge in [-0.15, -0.1) is 11.8 Å². The summed E-state index contributed by atoms with van der Waals surface area (Å²) in [7, 11) is 0. The maximum atomic E-state index is 12.7. The molecule has 1 aliphatic rings. The number of hydrogen-bond donors (Lipinski definition) is 0. The first-order chi connectivity index (χ1) is 6.25. The maximum absolute atomic E-state index is 12.7. The number of ether oxygens (including phenoxy) is 1. The first kappa shape index (κ1) is 8.97. The molecule has 0 aromatic heterocycles. The number of hydrogen-bond acceptors (Lipinski definition) is 2. The molecular formula is C9H8F2OS. The van der Waals surface area contributed by atoms with Gasteiger partial charge in [0, 0.05) is 10.6 Å². The van der Waals surface area contributed by atoms with Crippen molar-refractivity contribution in [1.82, 2.24) is 0 Å². The van der Waals surface area contributed by atoms with Crippen molar-refractivity contribution in [3.8, 4) is 0 Å². The molecule has 1 atom stereocenters. The SMILES string of the molecule is Fc1ccc(SCC2CO2)cc1F. The van der Waals surface area contributed by atoms with Crippen molar-refractivity contribution in [3.63, 3.8) is 0 Å². The molecular weight excluding hydrogens is 194 g/mol. The summed E-state index contributed by atoms with van der Waals surface area (Å²) in [4.78, 5) is 0.745. The van der Waals surface area contributed by atoms with Crippen molar-refractivity contribution >= 4 is 11.8 Å². The van der Waals surface area contributed by atoms with Crippen LogP contribution in [-0.2, 0) is 4.74 Å². The predicted octanol–water partition coefficient (Wildman–Crippen LogP) is 2.46. The van der Waals surface area contributed by atoms with Gasteiger partial charge in [-0.2, -0.15) is 0 Å². The largest absolute Gasteiger partial charge is 0.372 e. The zero-order chi connectivity index (χ0) is 9.26. The smallest absolute Gasteiger partial charge is 0.159 e. The summed E-state index contributed by atoms with van der Waals surface area (Å²) in [5.74, 6) is -0.779. The molecule has 13 heavy (non-hydrogen) atoms. The van der Waals surface area contributed by atoms with Crippen molar-refractivity contribution in [2.75, 3.05) is 12.4 Å². The number of epoxide rings is 1. The Hall–Kier alpha value is -0.610. The lowest BCUT2D eigenvalue weighted by Gasteiger charge is -1.99. The Bertz CT molecular complexity index is 312. The molecule has 0 spiro atoms. The normalized spacial score (nSPS) is 20.3. The molecule has 1 saturated heterocycles. The van der Waals surface area contributed by atoms with Crippen LogP contribution in [0.5, 0.6) is 0 Å². The van der Waals surface area contributed by atoms with Gasteiger partial charge in [-0.1, -0.05) is 0 Å². The Morgan fingerprint density at radius 3 is 2.77 bits per heavy atom. The first-order valence-corrected chi connectivity index (χ1v) is 4.94. The Balaban J connectivity index is 1.98. The van der Waals surface area contributed by atoms with E-state index in [9.17, 15) is 8.78 Å². The molecule has 1 nitrogen and oxygen atoms in total. The van der Waals surface area contributed by atoms with Crippen LogP contribution in [0.15, 0.2) is 23.1 Å². The first-order valence-electron chi connectivity index (χ1n) is 3.95. The molecule has 0 saturated carbocycles. The topological polar surface area (TPSA) is 12.5 Å². The van der Waals surface area contributed by atoms with Gasteiger partial charge >= 0.3 is 0 Å². The average molecular weight is 202 g/mol. The maximum Gasteiger partial charge on any atom is 0.159 e. The van der Waals surface area contributed by atoms with Crippen molar-refractivity contribution in [2.45, 2.75) is 11.0 Å². The van der Waals surface area contributed by atoms with E-state index in [0.29, 0.717) is 6.10 Å². The third kappa shape index (κ3) is 2.42. The van der Waals surface area contributed by atoms with Gasteiger partial charge in [-0.05, 0) is 18.2 Å². The van der Waals surface area contributed by atoms with Crippen molar-refractivity contribution in [3.05, 3.63) is 29.8 Å². The molecule has 2 rings (SSSR count). The van der Waals surface area contributed by atoms with Crippen molar-refractivity contribution < 1.29 is 13.5 Å². The Kier molecular flexibility index (Phi) is 2.51. The van der Waals surface area contributed by atoms with E-state index in [2.05, 4.69) is 0 Å². The quantitative estimate of drug-likeness (QED) is 0.551. The lowest BCUT2D eigenvalue weighted by molar-refractivity contribution is 0.426. The summed E-state index contributed by atoms with van der Waals surface area (Å²) in [5.41, 5.74) is 0. The minimum absolute atomic E-state index is 0.304. The zero-order valence-electron chi connectivity index (χ0n) is 6.80. The third-order valence-electron chi connectivity index (χ3n) is 1.73. The van der Waals surface area contributed by atoms with Crippen molar-refractivity contribution in [2.24, 2.45) is 0 Å². The molecule has 70 valence electrons. The van der Waals surface area contributed by atoms with Gasteiger partial charge in [-0.25, -0.2) is 8.78 Å². The molecule has 1 unspecified atom stereocenters. The van der Waals surface area contributed by atoms with Crippen molar-refractivity contribution in [1.29, 1.82) is 0 Å². The lowest BCUT2D eigenvalue weighted by atomic mass is 10.3. The van der Waals surface area contributed by atoms with Crippen LogP contribution in [0.1, 0.15) is 0 Å². The molecule has 0 aliphatic carbocycles. The molecule has 1 aromatic rings. The minimum Gasteiger partial charge on any atom is -0.372 e. The fraction of sp³-hybridized carbons (Fsp3) is 0.333. The van der Waals surface area contributed by atoms with Gasteiger partial charge in [0.25, 0.3) is 0 Å². The Morgan fingerprint density at radius 2 is 2.15 bits per heavy atom. The van der Waals surface area contributed by atoms with Crippen LogP contribution in [0.25, 0.3) is 0 Å². The molecule has 0 amide bonds. The predicted molar refractivity (Wildman–Crippen MR) is 46.8 cm³/mol. The molecule has 0 radical (unpaired) electrons. The number of thioether (sulfide) groups is 1. The van der Waals surface area contributed by atoms with Crippen LogP contribution in [0.3, 0.4) is 0 Å². The van der Waals surface area contributed by atoms with Crippen LogP contribution in [0.2, 0.25) is 0 Å². The summed E-state index contributed by atoms with van der Waals surface area (Å²) >= 11 is 1.48. The second kappa shape index (κ2) is 3.64. The van der Waals surface area contributed by atoms with Gasteiger partial charge in [0.2, 0.25) is 0 Å². The van der Waals surface area contributed by atoms with Crippen LogP contribution >= 0.6 is 11.8 Å². The highest BCUT2D eigenvalue weighted by atomic mass is 32.2.